The maximum atomic E-state index is 10.9. The molecule has 0 saturated heterocycles. The van der Waals surface area contributed by atoms with Gasteiger partial charge in [-0.05, 0) is 188 Å². The number of phenolic OH excluding ortho intramolecular Hbond substituents is 2. The number of hydrogen-bond acceptors (Lipinski definition) is 10. The Hall–Kier alpha value is -7.23. The van der Waals surface area contributed by atoms with Gasteiger partial charge in [0.1, 0.15) is 6.61 Å². The van der Waals surface area contributed by atoms with Crippen molar-refractivity contribution in [2.45, 2.75) is 176 Å². The average molecular weight is 1100 g/mol. The van der Waals surface area contributed by atoms with E-state index in [4.69, 9.17) is 23.8 Å². The van der Waals surface area contributed by atoms with E-state index in [2.05, 4.69) is 147 Å². The highest BCUT2D eigenvalue weighted by Gasteiger charge is 2.33. The Morgan fingerprint density at radius 1 is 0.457 bits per heavy atom. The highest BCUT2D eigenvalue weighted by atomic mass is 16.5. The van der Waals surface area contributed by atoms with Crippen LogP contribution in [0.1, 0.15) is 180 Å². The molecule has 0 heterocycles. The van der Waals surface area contributed by atoms with Crippen LogP contribution in [-0.2, 0) is 43.0 Å². The van der Waals surface area contributed by atoms with Crippen LogP contribution in [0.2, 0.25) is 0 Å². The Morgan fingerprint density at radius 3 is 1.09 bits per heavy atom. The lowest BCUT2D eigenvalue weighted by molar-refractivity contribution is -0.191. The molecule has 0 aliphatic heterocycles. The van der Waals surface area contributed by atoms with Gasteiger partial charge in [0.2, 0.25) is 0 Å². The fourth-order valence-electron chi connectivity index (χ4n) is 11.2. The highest BCUT2D eigenvalue weighted by Crippen LogP contribution is 2.46. The minimum absolute atomic E-state index is 0.0581. The van der Waals surface area contributed by atoms with Gasteiger partial charge < -0.3 is 34.6 Å². The summed E-state index contributed by atoms with van der Waals surface area (Å²) in [6.07, 6.45) is 15.7. The molecule has 0 spiro atoms. The zero-order valence-corrected chi connectivity index (χ0v) is 50.9. The molecule has 10 heteroatoms. The van der Waals surface area contributed by atoms with E-state index in [-0.39, 0.29) is 35.1 Å². The number of aliphatic hydroxyl groups is 2. The molecule has 0 aromatic heterocycles. The SMILES string of the molecule is CCC(O)(/C=C/c1ccc(C(CC)(CC)c2ccc(-c3cc(COC=O)cc(OC)c3O)c(C)c2)cc1C)CC.CCc1cc(OC)c(O)c(-c2ccc(C(CC)(CC)c3ccc(/C=C/C(O)(CC)CC)c(C)c3)cc2C)c1.O=C=O. The molecule has 0 saturated carbocycles. The first kappa shape index (κ1) is 66.3. The van der Waals surface area contributed by atoms with Crippen LogP contribution in [0, 0.1) is 27.7 Å². The number of carbonyl (C=O) groups is 1. The Kier molecular flexibility index (Phi) is 24.6. The summed E-state index contributed by atoms with van der Waals surface area (Å²) in [6, 6.07) is 34.0. The molecule has 434 valence electrons. The van der Waals surface area contributed by atoms with Crippen molar-refractivity contribution in [1.82, 2.24) is 0 Å². The molecule has 4 N–H and O–H groups in total. The Balaban J connectivity index is 0.000000333. The lowest BCUT2D eigenvalue weighted by Crippen LogP contribution is -2.26. The van der Waals surface area contributed by atoms with Gasteiger partial charge in [0.15, 0.2) is 23.0 Å². The molecule has 6 aromatic carbocycles. The first-order chi connectivity index (χ1) is 38.6. The van der Waals surface area contributed by atoms with Crippen LogP contribution < -0.4 is 9.47 Å². The number of ether oxygens (including phenoxy) is 3. The maximum absolute atomic E-state index is 10.9. The lowest BCUT2D eigenvalue weighted by atomic mass is 9.69. The summed E-state index contributed by atoms with van der Waals surface area (Å²) in [4.78, 5) is 27.0. The van der Waals surface area contributed by atoms with E-state index < -0.39 is 11.2 Å². The second kappa shape index (κ2) is 30.0. The monoisotopic (exact) mass is 1100 g/mol. The van der Waals surface area contributed by atoms with E-state index in [1.165, 1.54) is 40.5 Å². The number of hydrogen-bond donors (Lipinski definition) is 4. The molecule has 0 unspecified atom stereocenters. The number of rotatable bonds is 24. The third-order valence-corrected chi connectivity index (χ3v) is 17.2. The van der Waals surface area contributed by atoms with Gasteiger partial charge in [0, 0.05) is 22.0 Å². The van der Waals surface area contributed by atoms with Crippen LogP contribution in [0.3, 0.4) is 0 Å². The predicted octanol–water partition coefficient (Wildman–Crippen LogP) is 16.4. The Bertz CT molecular complexity index is 3140. The van der Waals surface area contributed by atoms with Crippen molar-refractivity contribution in [1.29, 1.82) is 0 Å². The maximum Gasteiger partial charge on any atom is 0.373 e. The zero-order valence-electron chi connectivity index (χ0n) is 50.9. The standard InChI is InChI=1S/C35H44O5.C35H46O3.CO2/c1-8-34(38,9-2)17-16-27-12-13-28(18-24(27)5)35(10-3,11-4)29-14-15-30(25(6)19-29)31-20-26(22-40-23-36)21-32(39-7)33(31)37;1-9-26-22-31(33(36)32(23-26)38-8)30-17-16-29(21-25(30)7)35(12-4,13-5)28-15-14-27(24(6)20-28)18-19-34(37,10-2)11-3;2-1-3/h12-21,23,37-38H,8-11,22H2,1-7H3;14-23,36-37H,9-13H2,1-8H3;/b17-16+;19-18+;. The minimum Gasteiger partial charge on any atom is -0.504 e. The van der Waals surface area contributed by atoms with E-state index in [1.54, 1.807) is 13.2 Å². The minimum atomic E-state index is -0.777. The average Bonchev–Trinajstić information content (AvgIpc) is 3.62. The Morgan fingerprint density at radius 2 is 0.790 bits per heavy atom. The van der Waals surface area contributed by atoms with E-state index >= 15 is 0 Å². The normalized spacial score (nSPS) is 11.9. The second-order valence-corrected chi connectivity index (χ2v) is 21.3. The van der Waals surface area contributed by atoms with Crippen molar-refractivity contribution < 1.29 is 49.0 Å². The fraction of sp³-hybridized carbons (Fsp3) is 0.408. The quantitative estimate of drug-likeness (QED) is 0.0430. The van der Waals surface area contributed by atoms with E-state index in [0.29, 0.717) is 49.2 Å². The summed E-state index contributed by atoms with van der Waals surface area (Å²) in [5.41, 5.74) is 15.3. The molecule has 10 nitrogen and oxygen atoms in total. The van der Waals surface area contributed by atoms with Gasteiger partial charge in [-0.2, -0.15) is 9.59 Å². The van der Waals surface area contributed by atoms with Gasteiger partial charge in [0.25, 0.3) is 6.47 Å². The number of benzene rings is 6. The number of aryl methyl sites for hydroxylation is 5. The third-order valence-electron chi connectivity index (χ3n) is 17.2. The number of carbonyl (C=O) groups excluding carboxylic acids is 3. The Labute approximate surface area is 483 Å². The largest absolute Gasteiger partial charge is 0.504 e. The number of phenols is 2. The summed E-state index contributed by atoms with van der Waals surface area (Å²) in [5, 5.41) is 43.2. The van der Waals surface area contributed by atoms with Crippen LogP contribution in [0.15, 0.2) is 109 Å². The molecule has 6 rings (SSSR count). The third kappa shape index (κ3) is 15.2. The van der Waals surface area contributed by atoms with Gasteiger partial charge in [-0.25, -0.2) is 0 Å². The summed E-state index contributed by atoms with van der Waals surface area (Å²) >= 11 is 0. The molecule has 0 aliphatic rings. The zero-order chi connectivity index (χ0) is 60.3. The summed E-state index contributed by atoms with van der Waals surface area (Å²) in [6.45, 7) is 28.1. The molecule has 0 radical (unpaired) electrons. The van der Waals surface area contributed by atoms with Crippen molar-refractivity contribution in [3.8, 4) is 45.3 Å². The fourth-order valence-corrected chi connectivity index (χ4v) is 11.2. The highest BCUT2D eigenvalue weighted by molar-refractivity contribution is 5.78. The van der Waals surface area contributed by atoms with Crippen LogP contribution in [0.25, 0.3) is 34.4 Å². The second-order valence-electron chi connectivity index (χ2n) is 21.3. The van der Waals surface area contributed by atoms with Crippen LogP contribution in [-0.4, -0.2) is 58.5 Å². The summed E-state index contributed by atoms with van der Waals surface area (Å²) in [7, 11) is 3.11. The van der Waals surface area contributed by atoms with Gasteiger partial charge in [-0.15, -0.1) is 0 Å². The van der Waals surface area contributed by atoms with Crippen molar-refractivity contribution in [3.63, 3.8) is 0 Å². The van der Waals surface area contributed by atoms with Gasteiger partial charge in [-0.1, -0.05) is 159 Å². The lowest BCUT2D eigenvalue weighted by Gasteiger charge is -2.34. The van der Waals surface area contributed by atoms with Crippen LogP contribution in [0.5, 0.6) is 23.0 Å². The van der Waals surface area contributed by atoms with Gasteiger partial charge in [-0.3, -0.25) is 4.79 Å². The summed E-state index contributed by atoms with van der Waals surface area (Å²) < 4.78 is 15.8. The van der Waals surface area contributed by atoms with E-state index in [9.17, 15) is 25.2 Å². The van der Waals surface area contributed by atoms with Crippen molar-refractivity contribution in [2.24, 2.45) is 0 Å². The van der Waals surface area contributed by atoms with Crippen molar-refractivity contribution in [3.05, 3.63) is 176 Å². The molecule has 0 aliphatic carbocycles. The molecule has 0 amide bonds. The molecule has 0 bridgehead atoms. The molecule has 0 fully saturated rings. The first-order valence-corrected chi connectivity index (χ1v) is 28.8. The molecular formula is C71H90O10. The molecular weight excluding hydrogens is 1010 g/mol. The molecule has 81 heavy (non-hydrogen) atoms. The topological polar surface area (TPSA) is 160 Å². The molecule has 6 aromatic rings. The van der Waals surface area contributed by atoms with Crippen molar-refractivity contribution in [2.75, 3.05) is 14.2 Å². The smallest absolute Gasteiger partial charge is 0.373 e. The van der Waals surface area contributed by atoms with Crippen LogP contribution in [0.4, 0.5) is 0 Å². The summed E-state index contributed by atoms with van der Waals surface area (Å²) in [5.74, 6) is 1.10. The predicted molar refractivity (Wildman–Crippen MR) is 329 cm³/mol. The van der Waals surface area contributed by atoms with Gasteiger partial charge in [0.05, 0.1) is 25.4 Å². The van der Waals surface area contributed by atoms with E-state index in [0.717, 1.165) is 82.2 Å². The van der Waals surface area contributed by atoms with Gasteiger partial charge >= 0.3 is 6.15 Å². The molecule has 0 atom stereocenters. The van der Waals surface area contributed by atoms with E-state index in [1.807, 2.05) is 58.1 Å². The first-order valence-electron chi connectivity index (χ1n) is 28.8. The number of methoxy groups -OCH3 is 2. The van der Waals surface area contributed by atoms with Crippen molar-refractivity contribution >= 4 is 24.8 Å². The van der Waals surface area contributed by atoms with Crippen LogP contribution >= 0.6 is 0 Å². The number of aromatic hydroxyl groups is 2.